The molecule has 4 heterocycles. The highest BCUT2D eigenvalue weighted by atomic mass is 35.5. The third-order valence-corrected chi connectivity index (χ3v) is 6.97. The fraction of sp³-hybridized carbons (Fsp3) is 0.435. The molecule has 1 aromatic heterocycles. The van der Waals surface area contributed by atoms with Crippen LogP contribution in [0.3, 0.4) is 0 Å². The van der Waals surface area contributed by atoms with Crippen molar-refractivity contribution in [1.29, 1.82) is 0 Å². The highest BCUT2D eigenvalue weighted by Gasteiger charge is 2.48. The Labute approximate surface area is 186 Å². The highest BCUT2D eigenvalue weighted by Crippen LogP contribution is 2.43. The monoisotopic (exact) mass is 440 g/mol. The number of pyridine rings is 1. The Bertz CT molecular complexity index is 996. The minimum Gasteiger partial charge on any atom is -0.378 e. The Morgan fingerprint density at radius 1 is 0.968 bits per heavy atom. The summed E-state index contributed by atoms with van der Waals surface area (Å²) in [4.78, 5) is 32.9. The molecule has 3 saturated heterocycles. The standard InChI is InChI=1S/C23H25ClN4O3/c24-19-15-25-14-18(16-1-3-17(4-2-16)27-9-11-31-12-10-27)21(19)28-7-5-23(6-8-28)13-20(29)26-22(23)30/h1-4,14-15H,5-13H2,(H,26,29,30). The first-order valence-electron chi connectivity index (χ1n) is 10.7. The Hall–Kier alpha value is -2.64. The number of carbonyl (C=O) groups is 2. The van der Waals surface area contributed by atoms with Gasteiger partial charge in [0.05, 0.1) is 29.3 Å². The number of anilines is 2. The second kappa shape index (κ2) is 8.13. The van der Waals surface area contributed by atoms with Gasteiger partial charge in [0, 0.05) is 56.2 Å². The van der Waals surface area contributed by atoms with Gasteiger partial charge >= 0.3 is 0 Å². The second-order valence-electron chi connectivity index (χ2n) is 8.49. The molecule has 0 atom stereocenters. The van der Waals surface area contributed by atoms with Gasteiger partial charge in [-0.05, 0) is 30.5 Å². The molecule has 0 saturated carbocycles. The molecule has 5 rings (SSSR count). The van der Waals surface area contributed by atoms with E-state index in [1.807, 2.05) is 6.20 Å². The van der Waals surface area contributed by atoms with Crippen molar-refractivity contribution < 1.29 is 14.3 Å². The van der Waals surface area contributed by atoms with Gasteiger partial charge in [0.15, 0.2) is 0 Å². The number of ether oxygens (including phenoxy) is 1. The molecular formula is C23H25ClN4O3. The lowest BCUT2D eigenvalue weighted by atomic mass is 9.77. The molecule has 1 spiro atoms. The van der Waals surface area contributed by atoms with E-state index in [0.717, 1.165) is 43.1 Å². The Balaban J connectivity index is 1.39. The lowest BCUT2D eigenvalue weighted by molar-refractivity contribution is -0.129. The van der Waals surface area contributed by atoms with Crippen LogP contribution in [0.2, 0.25) is 5.02 Å². The van der Waals surface area contributed by atoms with Gasteiger partial charge in [0.1, 0.15) is 0 Å². The van der Waals surface area contributed by atoms with Crippen LogP contribution in [-0.2, 0) is 14.3 Å². The molecule has 8 heteroatoms. The van der Waals surface area contributed by atoms with Gasteiger partial charge in [-0.1, -0.05) is 23.7 Å². The largest absolute Gasteiger partial charge is 0.378 e. The summed E-state index contributed by atoms with van der Waals surface area (Å²) >= 11 is 6.61. The predicted octanol–water partition coefficient (Wildman–Crippen LogP) is 2.87. The van der Waals surface area contributed by atoms with E-state index in [4.69, 9.17) is 16.3 Å². The van der Waals surface area contributed by atoms with Crippen LogP contribution in [0.5, 0.6) is 0 Å². The van der Waals surface area contributed by atoms with Gasteiger partial charge in [0.25, 0.3) is 0 Å². The van der Waals surface area contributed by atoms with E-state index in [0.29, 0.717) is 37.4 Å². The minimum atomic E-state index is -0.562. The van der Waals surface area contributed by atoms with E-state index in [9.17, 15) is 9.59 Å². The maximum atomic E-state index is 12.3. The number of nitrogens with one attached hydrogen (secondary N) is 1. The van der Waals surface area contributed by atoms with Crippen LogP contribution in [0.1, 0.15) is 19.3 Å². The molecule has 2 aromatic rings. The summed E-state index contributed by atoms with van der Waals surface area (Å²) in [6, 6.07) is 8.47. The van der Waals surface area contributed by atoms with Crippen molar-refractivity contribution in [2.45, 2.75) is 19.3 Å². The van der Waals surface area contributed by atoms with Gasteiger partial charge < -0.3 is 14.5 Å². The molecule has 0 bridgehead atoms. The SMILES string of the molecule is O=C1CC2(CCN(c3c(Cl)cncc3-c3ccc(N4CCOCC4)cc3)CC2)C(=O)N1. The summed E-state index contributed by atoms with van der Waals surface area (Å²) in [5.41, 5.74) is 3.59. The molecule has 2 amide bonds. The van der Waals surface area contributed by atoms with Gasteiger partial charge in [0.2, 0.25) is 11.8 Å². The average molecular weight is 441 g/mol. The first-order valence-corrected chi connectivity index (χ1v) is 11.1. The molecule has 3 aliphatic rings. The number of hydrogen-bond acceptors (Lipinski definition) is 6. The molecule has 1 N–H and O–H groups in total. The quantitative estimate of drug-likeness (QED) is 0.740. The van der Waals surface area contributed by atoms with E-state index in [1.165, 1.54) is 5.69 Å². The zero-order chi connectivity index (χ0) is 21.4. The number of morpholine rings is 1. The summed E-state index contributed by atoms with van der Waals surface area (Å²) in [6.07, 6.45) is 5.08. The zero-order valence-corrected chi connectivity index (χ0v) is 18.0. The molecule has 162 valence electrons. The maximum absolute atomic E-state index is 12.3. The lowest BCUT2D eigenvalue weighted by Crippen LogP contribution is -2.44. The van der Waals surface area contributed by atoms with Crippen molar-refractivity contribution in [1.82, 2.24) is 10.3 Å². The van der Waals surface area contributed by atoms with Gasteiger partial charge in [-0.15, -0.1) is 0 Å². The number of carbonyl (C=O) groups excluding carboxylic acids is 2. The fourth-order valence-electron chi connectivity index (χ4n) is 4.89. The van der Waals surface area contributed by atoms with Crippen molar-refractivity contribution >= 4 is 34.8 Å². The van der Waals surface area contributed by atoms with Gasteiger partial charge in [-0.3, -0.25) is 19.9 Å². The maximum Gasteiger partial charge on any atom is 0.233 e. The molecule has 31 heavy (non-hydrogen) atoms. The van der Waals surface area contributed by atoms with Crippen LogP contribution in [0.25, 0.3) is 11.1 Å². The van der Waals surface area contributed by atoms with E-state index in [2.05, 4.69) is 44.4 Å². The van der Waals surface area contributed by atoms with Crippen LogP contribution < -0.4 is 15.1 Å². The van der Waals surface area contributed by atoms with Crippen LogP contribution in [0.4, 0.5) is 11.4 Å². The predicted molar refractivity (Wildman–Crippen MR) is 119 cm³/mol. The summed E-state index contributed by atoms with van der Waals surface area (Å²) in [6.45, 7) is 4.64. The first kappa shape index (κ1) is 20.3. The average Bonchev–Trinajstić information content (AvgIpc) is 3.07. The normalized spacial score (nSPS) is 20.9. The number of aromatic nitrogens is 1. The number of piperidine rings is 1. The third-order valence-electron chi connectivity index (χ3n) is 6.70. The summed E-state index contributed by atoms with van der Waals surface area (Å²) in [5.74, 6) is -0.293. The van der Waals surface area contributed by atoms with Crippen LogP contribution >= 0.6 is 11.6 Å². The van der Waals surface area contributed by atoms with Crippen molar-refractivity contribution in [3.05, 3.63) is 41.7 Å². The van der Waals surface area contributed by atoms with E-state index >= 15 is 0 Å². The zero-order valence-electron chi connectivity index (χ0n) is 17.3. The second-order valence-corrected chi connectivity index (χ2v) is 8.89. The van der Waals surface area contributed by atoms with Crippen LogP contribution in [0.15, 0.2) is 36.7 Å². The number of hydrogen-bond donors (Lipinski definition) is 1. The number of nitrogens with zero attached hydrogens (tertiary/aromatic N) is 3. The number of amides is 2. The van der Waals surface area contributed by atoms with Crippen LogP contribution in [-0.4, -0.2) is 56.2 Å². The van der Waals surface area contributed by atoms with Crippen LogP contribution in [0, 0.1) is 5.41 Å². The van der Waals surface area contributed by atoms with E-state index in [1.54, 1.807) is 6.20 Å². The number of benzene rings is 1. The Morgan fingerprint density at radius 3 is 2.32 bits per heavy atom. The first-order chi connectivity index (χ1) is 15.1. The van der Waals surface area contributed by atoms with Gasteiger partial charge in [-0.25, -0.2) is 0 Å². The summed E-state index contributed by atoms with van der Waals surface area (Å²) in [5, 5.41) is 3.06. The number of imide groups is 1. The van der Waals surface area contributed by atoms with Crippen molar-refractivity contribution in [2.24, 2.45) is 5.41 Å². The molecule has 0 unspecified atom stereocenters. The Kier molecular flexibility index (Phi) is 5.32. The molecule has 0 aliphatic carbocycles. The number of halogens is 1. The lowest BCUT2D eigenvalue weighted by Gasteiger charge is -2.39. The molecular weight excluding hydrogens is 416 g/mol. The van der Waals surface area contributed by atoms with Crippen molar-refractivity contribution in [3.63, 3.8) is 0 Å². The summed E-state index contributed by atoms with van der Waals surface area (Å²) in [7, 11) is 0. The number of rotatable bonds is 3. The highest BCUT2D eigenvalue weighted by molar-refractivity contribution is 6.33. The molecule has 3 fully saturated rings. The smallest absolute Gasteiger partial charge is 0.233 e. The van der Waals surface area contributed by atoms with E-state index < -0.39 is 5.41 Å². The fourth-order valence-corrected chi connectivity index (χ4v) is 5.17. The topological polar surface area (TPSA) is 74.8 Å². The Morgan fingerprint density at radius 2 is 1.68 bits per heavy atom. The third kappa shape index (κ3) is 3.77. The molecule has 7 nitrogen and oxygen atoms in total. The van der Waals surface area contributed by atoms with Gasteiger partial charge in [-0.2, -0.15) is 0 Å². The van der Waals surface area contributed by atoms with Crippen molar-refractivity contribution in [3.8, 4) is 11.1 Å². The van der Waals surface area contributed by atoms with Crippen molar-refractivity contribution in [2.75, 3.05) is 49.2 Å². The minimum absolute atomic E-state index is 0.128. The summed E-state index contributed by atoms with van der Waals surface area (Å²) < 4.78 is 5.44. The molecule has 0 radical (unpaired) electrons. The van der Waals surface area contributed by atoms with E-state index in [-0.39, 0.29) is 11.8 Å². The molecule has 1 aromatic carbocycles. The molecule has 3 aliphatic heterocycles.